The number of allylic oxidation sites excluding steroid dienone is 2. The van der Waals surface area contributed by atoms with Gasteiger partial charge in [0.1, 0.15) is 11.6 Å². The summed E-state index contributed by atoms with van der Waals surface area (Å²) in [4.78, 5) is 25.0. The zero-order valence-electron chi connectivity index (χ0n) is 12.0. The van der Waals surface area contributed by atoms with Gasteiger partial charge in [0.2, 0.25) is 0 Å². The van der Waals surface area contributed by atoms with Crippen LogP contribution in [0.4, 0.5) is 0 Å². The normalized spacial score (nSPS) is 45.7. The van der Waals surface area contributed by atoms with Crippen molar-refractivity contribution in [2.45, 2.75) is 19.3 Å². The molecule has 7 unspecified atom stereocenters. The quantitative estimate of drug-likeness (QED) is 0.584. The molecule has 3 fully saturated rings. The lowest BCUT2D eigenvalue weighted by atomic mass is 9.68. The number of carbonyl (C=O) groups is 2. The first kappa shape index (κ1) is 11.9. The summed E-state index contributed by atoms with van der Waals surface area (Å²) in [5.74, 6) is 2.10. The first-order valence-corrected chi connectivity index (χ1v) is 7.99. The summed E-state index contributed by atoms with van der Waals surface area (Å²) < 4.78 is 0. The van der Waals surface area contributed by atoms with Gasteiger partial charge in [-0.05, 0) is 36.7 Å². The van der Waals surface area contributed by atoms with E-state index in [-0.39, 0.29) is 23.7 Å². The number of fused-ring (bicyclic) bond motifs is 9. The van der Waals surface area contributed by atoms with Crippen LogP contribution in [-0.4, -0.2) is 11.6 Å². The van der Waals surface area contributed by atoms with E-state index >= 15 is 0 Å². The van der Waals surface area contributed by atoms with Crippen molar-refractivity contribution in [1.29, 1.82) is 0 Å². The molecule has 4 aliphatic carbocycles. The predicted octanol–water partition coefficient (Wildman–Crippen LogP) is 2.91. The standard InChI is InChI=1S/C19H18O2/c1-9-2-4-10(5-3-9)13-8-14-15-11-6-7-12(18(11)20)16(15)17(13)19(14)21/h2-7,11-17H,8H2,1H3. The van der Waals surface area contributed by atoms with Crippen molar-refractivity contribution in [3.63, 3.8) is 0 Å². The van der Waals surface area contributed by atoms with Crippen LogP contribution in [0.5, 0.6) is 0 Å². The van der Waals surface area contributed by atoms with E-state index in [4.69, 9.17) is 0 Å². The molecule has 4 bridgehead atoms. The fourth-order valence-electron chi connectivity index (χ4n) is 5.69. The molecule has 4 aliphatic rings. The summed E-state index contributed by atoms with van der Waals surface area (Å²) in [5, 5.41) is 0. The molecule has 7 atom stereocenters. The van der Waals surface area contributed by atoms with E-state index in [2.05, 4.69) is 43.3 Å². The number of hydrogen-bond donors (Lipinski definition) is 0. The third kappa shape index (κ3) is 1.29. The zero-order valence-corrected chi connectivity index (χ0v) is 12.0. The monoisotopic (exact) mass is 278 g/mol. The van der Waals surface area contributed by atoms with Crippen molar-refractivity contribution in [1.82, 2.24) is 0 Å². The maximum atomic E-state index is 12.7. The second kappa shape index (κ2) is 3.73. The van der Waals surface area contributed by atoms with Crippen LogP contribution in [0, 0.1) is 42.4 Å². The average Bonchev–Trinajstić information content (AvgIpc) is 3.17. The molecule has 21 heavy (non-hydrogen) atoms. The van der Waals surface area contributed by atoms with Gasteiger partial charge < -0.3 is 0 Å². The Morgan fingerprint density at radius 1 is 0.857 bits per heavy atom. The van der Waals surface area contributed by atoms with Crippen molar-refractivity contribution in [2.75, 3.05) is 0 Å². The average molecular weight is 278 g/mol. The highest BCUT2D eigenvalue weighted by atomic mass is 16.1. The molecule has 2 heteroatoms. The van der Waals surface area contributed by atoms with Gasteiger partial charge in [0, 0.05) is 23.7 Å². The maximum Gasteiger partial charge on any atom is 0.147 e. The van der Waals surface area contributed by atoms with Crippen molar-refractivity contribution < 1.29 is 9.59 Å². The van der Waals surface area contributed by atoms with Crippen LogP contribution >= 0.6 is 0 Å². The maximum absolute atomic E-state index is 12.7. The minimum atomic E-state index is 0.0344. The first-order valence-electron chi connectivity index (χ1n) is 7.99. The highest BCUT2D eigenvalue weighted by Crippen LogP contribution is 2.66. The summed E-state index contributed by atoms with van der Waals surface area (Å²) in [7, 11) is 0. The lowest BCUT2D eigenvalue weighted by Crippen LogP contribution is -2.30. The van der Waals surface area contributed by atoms with Crippen molar-refractivity contribution in [3.8, 4) is 0 Å². The largest absolute Gasteiger partial charge is 0.299 e. The Bertz CT molecular complexity index is 684. The van der Waals surface area contributed by atoms with Crippen LogP contribution in [0.3, 0.4) is 0 Å². The molecular formula is C19H18O2. The van der Waals surface area contributed by atoms with Crippen LogP contribution in [0.15, 0.2) is 36.4 Å². The molecule has 0 N–H and O–H groups in total. The van der Waals surface area contributed by atoms with Crippen LogP contribution in [-0.2, 0) is 9.59 Å². The SMILES string of the molecule is Cc1ccc(C2CC3C(=O)C2C2C4C=CC(C4=O)C32)cc1. The molecule has 0 heterocycles. The Morgan fingerprint density at radius 2 is 1.52 bits per heavy atom. The Labute approximate surface area is 124 Å². The van der Waals surface area contributed by atoms with Gasteiger partial charge in [0.15, 0.2) is 0 Å². The third-order valence-electron chi connectivity index (χ3n) is 6.48. The van der Waals surface area contributed by atoms with Gasteiger partial charge in [-0.15, -0.1) is 0 Å². The molecule has 1 aromatic rings. The summed E-state index contributed by atoms with van der Waals surface area (Å²) in [5.41, 5.74) is 2.54. The van der Waals surface area contributed by atoms with Crippen LogP contribution in [0.1, 0.15) is 23.5 Å². The Morgan fingerprint density at radius 3 is 2.24 bits per heavy atom. The summed E-state index contributed by atoms with van der Waals surface area (Å²) in [6.07, 6.45) is 5.11. The number of hydrogen-bond acceptors (Lipinski definition) is 2. The zero-order chi connectivity index (χ0) is 14.3. The lowest BCUT2D eigenvalue weighted by Gasteiger charge is -2.34. The highest BCUT2D eigenvalue weighted by Gasteiger charge is 2.68. The van der Waals surface area contributed by atoms with Crippen LogP contribution in [0.25, 0.3) is 0 Å². The summed E-state index contributed by atoms with van der Waals surface area (Å²) in [6, 6.07) is 8.62. The molecule has 1 aromatic carbocycles. The van der Waals surface area contributed by atoms with E-state index in [0.717, 1.165) is 6.42 Å². The molecule has 0 radical (unpaired) electrons. The molecule has 3 saturated carbocycles. The van der Waals surface area contributed by atoms with Gasteiger partial charge in [-0.25, -0.2) is 0 Å². The molecule has 0 spiro atoms. The number of rotatable bonds is 1. The fraction of sp³-hybridized carbons (Fsp3) is 0.474. The van der Waals surface area contributed by atoms with Gasteiger partial charge in [0.05, 0.1) is 0 Å². The number of carbonyl (C=O) groups excluding carboxylic acids is 2. The second-order valence-corrected chi connectivity index (χ2v) is 7.28. The van der Waals surface area contributed by atoms with Crippen molar-refractivity contribution in [3.05, 3.63) is 47.5 Å². The van der Waals surface area contributed by atoms with Gasteiger partial charge in [0.25, 0.3) is 0 Å². The fourth-order valence-corrected chi connectivity index (χ4v) is 5.69. The minimum absolute atomic E-state index is 0.0344. The summed E-state index contributed by atoms with van der Waals surface area (Å²) in [6.45, 7) is 2.09. The number of ketones is 2. The number of aryl methyl sites for hydroxylation is 1. The molecule has 106 valence electrons. The lowest BCUT2D eigenvalue weighted by molar-refractivity contribution is -0.125. The van der Waals surface area contributed by atoms with Gasteiger partial charge in [-0.1, -0.05) is 42.0 Å². The van der Waals surface area contributed by atoms with Crippen LogP contribution in [0.2, 0.25) is 0 Å². The molecule has 0 aliphatic heterocycles. The van der Waals surface area contributed by atoms with Gasteiger partial charge >= 0.3 is 0 Å². The van der Waals surface area contributed by atoms with E-state index < -0.39 is 0 Å². The Balaban J connectivity index is 1.56. The topological polar surface area (TPSA) is 34.1 Å². The summed E-state index contributed by atoms with van der Waals surface area (Å²) >= 11 is 0. The van der Waals surface area contributed by atoms with Crippen LogP contribution < -0.4 is 0 Å². The molecule has 5 rings (SSSR count). The highest BCUT2D eigenvalue weighted by molar-refractivity contribution is 5.99. The van der Waals surface area contributed by atoms with Crippen molar-refractivity contribution in [2.24, 2.45) is 35.5 Å². The van der Waals surface area contributed by atoms with E-state index in [9.17, 15) is 9.59 Å². The first-order chi connectivity index (χ1) is 10.2. The predicted molar refractivity (Wildman–Crippen MR) is 78.6 cm³/mol. The Hall–Kier alpha value is -1.70. The smallest absolute Gasteiger partial charge is 0.147 e. The molecule has 2 nitrogen and oxygen atoms in total. The van der Waals surface area contributed by atoms with E-state index in [0.29, 0.717) is 29.3 Å². The molecule has 0 saturated heterocycles. The van der Waals surface area contributed by atoms with E-state index in [1.54, 1.807) is 0 Å². The van der Waals surface area contributed by atoms with E-state index in [1.165, 1.54) is 11.1 Å². The van der Waals surface area contributed by atoms with Crippen molar-refractivity contribution >= 4 is 11.6 Å². The molecular weight excluding hydrogens is 260 g/mol. The van der Waals surface area contributed by atoms with E-state index in [1.807, 2.05) is 0 Å². The Kier molecular flexibility index (Phi) is 2.12. The van der Waals surface area contributed by atoms with Gasteiger partial charge in [-0.2, -0.15) is 0 Å². The molecule has 0 amide bonds. The number of Topliss-reactive ketones (excluding diaryl/α,β-unsaturated/α-hetero) is 2. The van der Waals surface area contributed by atoms with Gasteiger partial charge in [-0.3, -0.25) is 9.59 Å². The third-order valence-corrected chi connectivity index (χ3v) is 6.48. The second-order valence-electron chi connectivity index (χ2n) is 7.28. The minimum Gasteiger partial charge on any atom is -0.299 e. The molecule has 0 aromatic heterocycles. The number of benzene rings is 1.